The second kappa shape index (κ2) is 13.4. The van der Waals surface area contributed by atoms with Gasteiger partial charge in [0.15, 0.2) is 0 Å². The summed E-state index contributed by atoms with van der Waals surface area (Å²) in [4.78, 5) is 49.7. The summed E-state index contributed by atoms with van der Waals surface area (Å²) in [6.07, 6.45) is 0. The molecule has 170 valence electrons. The first kappa shape index (κ1) is 25.3. The molecule has 10 heteroatoms. The molecule has 0 aliphatic heterocycles. The Bertz CT molecular complexity index is 891. The van der Waals surface area contributed by atoms with Gasteiger partial charge >= 0.3 is 0 Å². The highest BCUT2D eigenvalue weighted by Crippen LogP contribution is 2.40. The predicted molar refractivity (Wildman–Crippen MR) is 127 cm³/mol. The summed E-state index contributed by atoms with van der Waals surface area (Å²) < 4.78 is 0. The Morgan fingerprint density at radius 1 is 0.625 bits per heavy atom. The zero-order valence-corrected chi connectivity index (χ0v) is 19.5. The Morgan fingerprint density at radius 3 is 1.38 bits per heavy atom. The molecule has 0 atom stereocenters. The van der Waals surface area contributed by atoms with E-state index in [0.29, 0.717) is 34.0 Å². The van der Waals surface area contributed by atoms with Gasteiger partial charge in [0, 0.05) is 22.9 Å². The van der Waals surface area contributed by atoms with Gasteiger partial charge in [0.1, 0.15) is 0 Å². The summed E-state index contributed by atoms with van der Waals surface area (Å²) in [5.41, 5.74) is 0.875. The van der Waals surface area contributed by atoms with E-state index in [2.05, 4.69) is 21.3 Å². The van der Waals surface area contributed by atoms with Gasteiger partial charge < -0.3 is 21.3 Å². The van der Waals surface area contributed by atoms with Gasteiger partial charge in [-0.1, -0.05) is 45.9 Å². The van der Waals surface area contributed by atoms with Gasteiger partial charge in [0.25, 0.3) is 11.8 Å². The quantitative estimate of drug-likeness (QED) is 0.371. The molecule has 0 radical (unpaired) electrons. The number of likely N-dealkylation sites (N-methyl/N-ethyl adjacent to an activating group) is 2. The molecule has 2 rings (SSSR count). The highest BCUT2D eigenvalue weighted by Gasteiger charge is 2.16. The highest BCUT2D eigenvalue weighted by atomic mass is 33.1. The number of benzene rings is 2. The van der Waals surface area contributed by atoms with E-state index in [-0.39, 0.29) is 36.7 Å². The van der Waals surface area contributed by atoms with Gasteiger partial charge in [-0.05, 0) is 38.1 Å². The van der Waals surface area contributed by atoms with Crippen LogP contribution in [-0.2, 0) is 9.59 Å². The third kappa shape index (κ3) is 7.93. The fraction of sp³-hybridized carbons (Fsp3) is 0.273. The predicted octanol–water partition coefficient (Wildman–Crippen LogP) is 2.22. The lowest BCUT2D eigenvalue weighted by atomic mass is 10.2. The molecule has 0 heterocycles. The molecular weight excluding hydrogens is 448 g/mol. The van der Waals surface area contributed by atoms with Crippen molar-refractivity contribution in [2.75, 3.05) is 26.2 Å². The summed E-state index contributed by atoms with van der Waals surface area (Å²) in [6, 6.07) is 14.1. The fourth-order valence-corrected chi connectivity index (χ4v) is 4.93. The molecule has 0 aliphatic rings. The maximum atomic E-state index is 12.5. The van der Waals surface area contributed by atoms with Gasteiger partial charge in [0.2, 0.25) is 11.8 Å². The molecule has 32 heavy (non-hydrogen) atoms. The van der Waals surface area contributed by atoms with Crippen molar-refractivity contribution in [3.8, 4) is 0 Å². The summed E-state index contributed by atoms with van der Waals surface area (Å²) >= 11 is 0. The minimum atomic E-state index is -0.354. The van der Waals surface area contributed by atoms with Crippen LogP contribution in [0.5, 0.6) is 0 Å². The molecule has 0 aliphatic carbocycles. The minimum absolute atomic E-state index is 0.104. The van der Waals surface area contributed by atoms with Crippen molar-refractivity contribution >= 4 is 45.2 Å². The first-order chi connectivity index (χ1) is 15.5. The first-order valence-electron chi connectivity index (χ1n) is 10.1. The molecule has 0 saturated heterocycles. The average Bonchev–Trinajstić information content (AvgIpc) is 2.80. The second-order valence-corrected chi connectivity index (χ2v) is 8.64. The first-order valence-corrected chi connectivity index (χ1v) is 12.2. The van der Waals surface area contributed by atoms with Crippen LogP contribution < -0.4 is 21.3 Å². The van der Waals surface area contributed by atoms with Crippen LogP contribution in [0.15, 0.2) is 58.3 Å². The van der Waals surface area contributed by atoms with Crippen LogP contribution in [0.25, 0.3) is 0 Å². The molecule has 0 spiro atoms. The van der Waals surface area contributed by atoms with Crippen molar-refractivity contribution in [1.29, 1.82) is 0 Å². The molecule has 0 bridgehead atoms. The molecule has 2 aromatic rings. The zero-order chi connectivity index (χ0) is 23.3. The maximum Gasteiger partial charge on any atom is 0.252 e. The van der Waals surface area contributed by atoms with E-state index in [0.717, 1.165) is 0 Å². The topological polar surface area (TPSA) is 116 Å². The van der Waals surface area contributed by atoms with Crippen molar-refractivity contribution in [1.82, 2.24) is 21.3 Å². The summed E-state index contributed by atoms with van der Waals surface area (Å²) in [6.45, 7) is 4.39. The van der Waals surface area contributed by atoms with Gasteiger partial charge in [0.05, 0.1) is 24.2 Å². The molecule has 2 aromatic carbocycles. The number of carbonyl (C=O) groups excluding carboxylic acids is 4. The third-order valence-electron chi connectivity index (χ3n) is 4.05. The van der Waals surface area contributed by atoms with E-state index in [1.165, 1.54) is 21.6 Å². The van der Waals surface area contributed by atoms with Crippen LogP contribution in [0.1, 0.15) is 34.6 Å². The van der Waals surface area contributed by atoms with Crippen molar-refractivity contribution in [2.45, 2.75) is 23.6 Å². The van der Waals surface area contributed by atoms with Crippen LogP contribution in [0.3, 0.4) is 0 Å². The summed E-state index contributed by atoms with van der Waals surface area (Å²) in [5, 5.41) is 10.5. The number of amides is 4. The van der Waals surface area contributed by atoms with Crippen molar-refractivity contribution in [3.63, 3.8) is 0 Å². The lowest BCUT2D eigenvalue weighted by Crippen LogP contribution is -2.36. The van der Waals surface area contributed by atoms with Crippen LogP contribution in [0.4, 0.5) is 0 Å². The molecule has 0 unspecified atom stereocenters. The van der Waals surface area contributed by atoms with Crippen molar-refractivity contribution < 1.29 is 19.2 Å². The maximum absolute atomic E-state index is 12.5. The molecule has 0 saturated carbocycles. The number of hydrogen-bond donors (Lipinski definition) is 4. The van der Waals surface area contributed by atoms with Crippen molar-refractivity contribution in [3.05, 3.63) is 59.7 Å². The molecule has 4 N–H and O–H groups in total. The van der Waals surface area contributed by atoms with Gasteiger partial charge in [-0.15, -0.1) is 0 Å². The number of hydrogen-bond acceptors (Lipinski definition) is 6. The van der Waals surface area contributed by atoms with Crippen LogP contribution in [0.2, 0.25) is 0 Å². The van der Waals surface area contributed by atoms with Crippen LogP contribution in [-0.4, -0.2) is 49.8 Å². The number of nitrogens with one attached hydrogen (secondary N) is 4. The SMILES string of the molecule is CCNC(=O)CNC(=O)c1ccccc1SSc1ccccc1C(=O)NCC(=O)NCC. The smallest absolute Gasteiger partial charge is 0.252 e. The number of carbonyl (C=O) groups is 4. The average molecular weight is 475 g/mol. The Balaban J connectivity index is 2.05. The van der Waals surface area contributed by atoms with Crippen LogP contribution >= 0.6 is 21.6 Å². The van der Waals surface area contributed by atoms with E-state index in [1.54, 1.807) is 50.2 Å². The molecular formula is C22H26N4O4S2. The Morgan fingerprint density at radius 2 is 1.00 bits per heavy atom. The summed E-state index contributed by atoms with van der Waals surface area (Å²) in [5.74, 6) is -1.22. The second-order valence-electron chi connectivity index (χ2n) is 6.43. The van der Waals surface area contributed by atoms with Crippen molar-refractivity contribution in [2.24, 2.45) is 0 Å². The Hall–Kier alpha value is -2.98. The van der Waals surface area contributed by atoms with Gasteiger partial charge in [-0.3, -0.25) is 19.2 Å². The molecule has 0 fully saturated rings. The van der Waals surface area contributed by atoms with E-state index in [9.17, 15) is 19.2 Å². The van der Waals surface area contributed by atoms with E-state index >= 15 is 0 Å². The van der Waals surface area contributed by atoms with E-state index in [1.807, 2.05) is 12.1 Å². The Labute approximate surface area is 195 Å². The molecule has 4 amide bonds. The Kier molecular flexibility index (Phi) is 10.6. The lowest BCUT2D eigenvalue weighted by molar-refractivity contribution is -0.120. The standard InChI is InChI=1S/C22H26N4O4S2/c1-3-23-19(27)13-25-21(29)15-9-5-7-11-17(15)31-32-18-12-8-6-10-16(18)22(30)26-14-20(28)24-4-2/h5-12H,3-4,13-14H2,1-2H3,(H,23,27)(H,24,28)(H,25,29)(H,26,30). The van der Waals surface area contributed by atoms with Gasteiger partial charge in [-0.2, -0.15) is 0 Å². The number of rotatable bonds is 11. The van der Waals surface area contributed by atoms with Crippen LogP contribution in [0, 0.1) is 0 Å². The zero-order valence-electron chi connectivity index (χ0n) is 17.9. The van der Waals surface area contributed by atoms with Gasteiger partial charge in [-0.25, -0.2) is 0 Å². The fourth-order valence-electron chi connectivity index (χ4n) is 2.57. The minimum Gasteiger partial charge on any atom is -0.355 e. The lowest BCUT2D eigenvalue weighted by Gasteiger charge is -2.11. The molecule has 0 aromatic heterocycles. The summed E-state index contributed by atoms with van der Waals surface area (Å²) in [7, 11) is 2.67. The van der Waals surface area contributed by atoms with E-state index in [4.69, 9.17) is 0 Å². The highest BCUT2D eigenvalue weighted by molar-refractivity contribution is 8.76. The third-order valence-corrected chi connectivity index (χ3v) is 6.53. The largest absolute Gasteiger partial charge is 0.355 e. The molecule has 8 nitrogen and oxygen atoms in total. The normalized spacial score (nSPS) is 10.2. The van der Waals surface area contributed by atoms with E-state index < -0.39 is 0 Å². The monoisotopic (exact) mass is 474 g/mol.